The van der Waals surface area contributed by atoms with Crippen molar-refractivity contribution in [3.63, 3.8) is 0 Å². The first-order valence-electron chi connectivity index (χ1n) is 6.01. The number of pyridine rings is 1. The molecule has 0 aromatic carbocycles. The van der Waals surface area contributed by atoms with Gasteiger partial charge in [-0.25, -0.2) is 9.97 Å². The normalized spacial score (nSPS) is 11.9. The molecular weight excluding hydrogens is 242 g/mol. The number of imidazole rings is 1. The molecule has 1 amide bonds. The number of aromatic amines is 1. The molecule has 0 fully saturated rings. The van der Waals surface area contributed by atoms with Crippen molar-refractivity contribution in [3.05, 3.63) is 42.1 Å². The van der Waals surface area contributed by atoms with Gasteiger partial charge in [-0.2, -0.15) is 0 Å². The third kappa shape index (κ3) is 3.09. The van der Waals surface area contributed by atoms with Gasteiger partial charge in [0.05, 0.1) is 11.6 Å². The van der Waals surface area contributed by atoms with E-state index in [1.165, 1.54) is 0 Å². The van der Waals surface area contributed by atoms with Crippen molar-refractivity contribution in [1.82, 2.24) is 20.3 Å². The van der Waals surface area contributed by atoms with Crippen molar-refractivity contribution < 1.29 is 4.79 Å². The molecule has 0 aliphatic rings. The third-order valence-corrected chi connectivity index (χ3v) is 2.75. The number of aromatic nitrogens is 3. The number of hydrogen-bond acceptors (Lipinski definition) is 4. The van der Waals surface area contributed by atoms with Crippen LogP contribution in [0.2, 0.25) is 0 Å². The topological polar surface area (TPSA) is 73.9 Å². The van der Waals surface area contributed by atoms with Crippen molar-refractivity contribution in [2.24, 2.45) is 0 Å². The van der Waals surface area contributed by atoms with Gasteiger partial charge in [0.25, 0.3) is 5.91 Å². The zero-order valence-electron chi connectivity index (χ0n) is 11.2. The number of carbonyl (C=O) groups excluding carboxylic acids is 1. The van der Waals surface area contributed by atoms with Gasteiger partial charge >= 0.3 is 0 Å². The number of nitrogens with zero attached hydrogens (tertiary/aromatic N) is 3. The van der Waals surface area contributed by atoms with Gasteiger partial charge in [-0.05, 0) is 19.1 Å². The molecule has 1 atom stereocenters. The molecule has 19 heavy (non-hydrogen) atoms. The van der Waals surface area contributed by atoms with Crippen LogP contribution < -0.4 is 10.2 Å². The number of hydrogen-bond donors (Lipinski definition) is 2. The summed E-state index contributed by atoms with van der Waals surface area (Å²) in [6.07, 6.45) is 4.95. The van der Waals surface area contributed by atoms with E-state index >= 15 is 0 Å². The highest BCUT2D eigenvalue weighted by atomic mass is 16.1. The highest BCUT2D eigenvalue weighted by molar-refractivity contribution is 5.94. The van der Waals surface area contributed by atoms with Crippen LogP contribution in [0.5, 0.6) is 0 Å². The Morgan fingerprint density at radius 3 is 2.68 bits per heavy atom. The van der Waals surface area contributed by atoms with Crippen LogP contribution in [0.15, 0.2) is 30.7 Å². The van der Waals surface area contributed by atoms with Gasteiger partial charge in [-0.1, -0.05) is 0 Å². The predicted octanol–water partition coefficient (Wildman–Crippen LogP) is 1.36. The minimum atomic E-state index is -0.170. The smallest absolute Gasteiger partial charge is 0.253 e. The van der Waals surface area contributed by atoms with Gasteiger partial charge in [0.1, 0.15) is 11.6 Å². The lowest BCUT2D eigenvalue weighted by molar-refractivity contribution is 0.0938. The molecule has 6 nitrogen and oxygen atoms in total. The molecule has 0 bridgehead atoms. The third-order valence-electron chi connectivity index (χ3n) is 2.75. The summed E-state index contributed by atoms with van der Waals surface area (Å²) in [5.74, 6) is 1.38. The zero-order valence-corrected chi connectivity index (χ0v) is 11.2. The molecule has 0 saturated carbocycles. The number of nitrogens with one attached hydrogen (secondary N) is 2. The Kier molecular flexibility index (Phi) is 3.79. The molecule has 0 spiro atoms. The fraction of sp³-hybridized carbons (Fsp3) is 0.308. The van der Waals surface area contributed by atoms with Gasteiger partial charge in [-0.15, -0.1) is 0 Å². The summed E-state index contributed by atoms with van der Waals surface area (Å²) >= 11 is 0. The predicted molar refractivity (Wildman–Crippen MR) is 73.0 cm³/mol. The molecule has 2 heterocycles. The summed E-state index contributed by atoms with van der Waals surface area (Å²) in [5.41, 5.74) is 0.531. The second-order valence-corrected chi connectivity index (χ2v) is 4.47. The molecule has 0 aliphatic heterocycles. The van der Waals surface area contributed by atoms with E-state index in [0.717, 1.165) is 11.6 Å². The summed E-state index contributed by atoms with van der Waals surface area (Å²) < 4.78 is 0. The Hall–Kier alpha value is -2.37. The molecule has 6 heteroatoms. The summed E-state index contributed by atoms with van der Waals surface area (Å²) in [7, 11) is 3.81. The Bertz CT molecular complexity index is 533. The van der Waals surface area contributed by atoms with Crippen LogP contribution >= 0.6 is 0 Å². The summed E-state index contributed by atoms with van der Waals surface area (Å²) in [4.78, 5) is 25.2. The lowest BCUT2D eigenvalue weighted by Gasteiger charge is -2.13. The first-order valence-corrected chi connectivity index (χ1v) is 6.01. The summed E-state index contributed by atoms with van der Waals surface area (Å²) in [5, 5.41) is 2.86. The minimum Gasteiger partial charge on any atom is -0.363 e. The Labute approximate surface area is 111 Å². The van der Waals surface area contributed by atoms with Crippen molar-refractivity contribution in [2.45, 2.75) is 13.0 Å². The fourth-order valence-corrected chi connectivity index (χ4v) is 1.65. The van der Waals surface area contributed by atoms with E-state index in [0.29, 0.717) is 5.56 Å². The van der Waals surface area contributed by atoms with Crippen LogP contribution in [0, 0.1) is 0 Å². The second kappa shape index (κ2) is 5.51. The number of rotatable bonds is 4. The van der Waals surface area contributed by atoms with E-state index in [1.54, 1.807) is 24.7 Å². The van der Waals surface area contributed by atoms with E-state index in [1.807, 2.05) is 32.0 Å². The van der Waals surface area contributed by atoms with Crippen LogP contribution in [0.4, 0.5) is 5.82 Å². The maximum Gasteiger partial charge on any atom is 0.253 e. The Balaban J connectivity index is 2.03. The number of amides is 1. The molecule has 100 valence electrons. The molecule has 2 aromatic rings. The van der Waals surface area contributed by atoms with Gasteiger partial charge in [-0.3, -0.25) is 4.79 Å². The molecular formula is C13H17N5O. The lowest BCUT2D eigenvalue weighted by atomic mass is 10.2. The number of H-pyrrole nitrogens is 1. The van der Waals surface area contributed by atoms with Crippen LogP contribution in [0.3, 0.4) is 0 Å². The van der Waals surface area contributed by atoms with E-state index < -0.39 is 0 Å². The largest absolute Gasteiger partial charge is 0.363 e. The molecule has 1 unspecified atom stereocenters. The van der Waals surface area contributed by atoms with Crippen LogP contribution in [0.1, 0.15) is 29.1 Å². The fourth-order valence-electron chi connectivity index (χ4n) is 1.65. The number of anilines is 1. The van der Waals surface area contributed by atoms with E-state index in [9.17, 15) is 4.79 Å². The minimum absolute atomic E-state index is 0.165. The number of carbonyl (C=O) groups is 1. The van der Waals surface area contributed by atoms with Crippen LogP contribution in [0.25, 0.3) is 0 Å². The van der Waals surface area contributed by atoms with Crippen molar-refractivity contribution in [1.29, 1.82) is 0 Å². The molecule has 2 rings (SSSR count). The molecule has 0 radical (unpaired) electrons. The molecule has 0 saturated heterocycles. The van der Waals surface area contributed by atoms with E-state index in [-0.39, 0.29) is 11.9 Å². The highest BCUT2D eigenvalue weighted by Crippen LogP contribution is 2.10. The maximum atomic E-state index is 12.0. The SMILES string of the molecule is CC(NC(=O)c1ccc(N(C)C)nc1)c1ncc[nH]1. The molecule has 2 aromatic heterocycles. The first kappa shape index (κ1) is 13.1. The van der Waals surface area contributed by atoms with Crippen molar-refractivity contribution in [3.8, 4) is 0 Å². The highest BCUT2D eigenvalue weighted by Gasteiger charge is 2.13. The average molecular weight is 259 g/mol. The lowest BCUT2D eigenvalue weighted by Crippen LogP contribution is -2.27. The zero-order chi connectivity index (χ0) is 13.8. The molecule has 0 aliphatic carbocycles. The standard InChI is InChI=1S/C13H17N5O/c1-9(12-14-6-7-15-12)17-13(19)10-4-5-11(16-8-10)18(2)3/h4-9H,1-3H3,(H,14,15)(H,17,19). The van der Waals surface area contributed by atoms with Gasteiger partial charge in [0.15, 0.2) is 0 Å². The Morgan fingerprint density at radius 1 is 1.37 bits per heavy atom. The first-order chi connectivity index (χ1) is 9.08. The van der Waals surface area contributed by atoms with Gasteiger partial charge in [0, 0.05) is 32.7 Å². The molecule has 2 N–H and O–H groups in total. The Morgan fingerprint density at radius 2 is 2.16 bits per heavy atom. The monoisotopic (exact) mass is 259 g/mol. The van der Waals surface area contributed by atoms with Crippen LogP contribution in [-0.2, 0) is 0 Å². The summed E-state index contributed by atoms with van der Waals surface area (Å²) in [6, 6.07) is 3.40. The van der Waals surface area contributed by atoms with Crippen molar-refractivity contribution in [2.75, 3.05) is 19.0 Å². The maximum absolute atomic E-state index is 12.0. The van der Waals surface area contributed by atoms with Crippen molar-refractivity contribution >= 4 is 11.7 Å². The quantitative estimate of drug-likeness (QED) is 0.869. The summed E-state index contributed by atoms with van der Waals surface area (Å²) in [6.45, 7) is 1.87. The average Bonchev–Trinajstić information content (AvgIpc) is 2.92. The second-order valence-electron chi connectivity index (χ2n) is 4.47. The van der Waals surface area contributed by atoms with Crippen LogP contribution in [-0.4, -0.2) is 35.0 Å². The van der Waals surface area contributed by atoms with Gasteiger partial charge in [0.2, 0.25) is 0 Å². The van der Waals surface area contributed by atoms with E-state index in [2.05, 4.69) is 20.3 Å². The van der Waals surface area contributed by atoms with Gasteiger partial charge < -0.3 is 15.2 Å². The van der Waals surface area contributed by atoms with E-state index in [4.69, 9.17) is 0 Å².